The number of ether oxygens (including phenoxy) is 2. The van der Waals surface area contributed by atoms with E-state index >= 15 is 0 Å². The van der Waals surface area contributed by atoms with Gasteiger partial charge in [-0.2, -0.15) is 0 Å². The quantitative estimate of drug-likeness (QED) is 0.494. The average molecular weight is 291 g/mol. The van der Waals surface area contributed by atoms with Crippen LogP contribution in [0.25, 0.3) is 0 Å². The third kappa shape index (κ3) is 6.67. The van der Waals surface area contributed by atoms with Crippen molar-refractivity contribution in [2.24, 2.45) is 0 Å². The van der Waals surface area contributed by atoms with Gasteiger partial charge in [-0.25, -0.2) is 0 Å². The summed E-state index contributed by atoms with van der Waals surface area (Å²) in [5, 5.41) is 3.47. The molecular weight excluding hydrogens is 262 g/mol. The van der Waals surface area contributed by atoms with E-state index in [1.165, 1.54) is 12.8 Å². The summed E-state index contributed by atoms with van der Waals surface area (Å²) in [5.74, 6) is 1.81. The van der Waals surface area contributed by atoms with Crippen LogP contribution in [-0.4, -0.2) is 25.8 Å². The molecule has 1 unspecified atom stereocenters. The second-order valence-corrected chi connectivity index (χ2v) is 5.19. The molecule has 0 saturated heterocycles. The molecule has 1 N–H and O–H groups in total. The minimum atomic E-state index is 0.548. The Morgan fingerprint density at radius 2 is 2.10 bits per heavy atom. The molecule has 21 heavy (non-hydrogen) atoms. The van der Waals surface area contributed by atoms with Crippen molar-refractivity contribution in [2.45, 2.75) is 46.1 Å². The second kappa shape index (κ2) is 10.3. The fourth-order valence-electron chi connectivity index (χ4n) is 2.27. The minimum Gasteiger partial charge on any atom is -0.494 e. The SMILES string of the molecule is C=CCc1cc(OCC)ccc1OCCNC(C)CCC. The molecule has 0 aliphatic carbocycles. The molecule has 0 fully saturated rings. The van der Waals surface area contributed by atoms with Gasteiger partial charge in [0.1, 0.15) is 18.1 Å². The van der Waals surface area contributed by atoms with Gasteiger partial charge in [0, 0.05) is 18.2 Å². The lowest BCUT2D eigenvalue weighted by Gasteiger charge is -2.15. The highest BCUT2D eigenvalue weighted by Gasteiger charge is 2.05. The molecule has 3 heteroatoms. The van der Waals surface area contributed by atoms with Crippen LogP contribution in [0.3, 0.4) is 0 Å². The zero-order valence-electron chi connectivity index (χ0n) is 13.7. The van der Waals surface area contributed by atoms with Crippen molar-refractivity contribution in [2.75, 3.05) is 19.8 Å². The van der Waals surface area contributed by atoms with Crippen molar-refractivity contribution in [1.82, 2.24) is 5.32 Å². The molecule has 0 aromatic heterocycles. The van der Waals surface area contributed by atoms with Crippen LogP contribution in [0.1, 0.15) is 39.2 Å². The molecule has 1 atom stereocenters. The molecule has 3 nitrogen and oxygen atoms in total. The van der Waals surface area contributed by atoms with Gasteiger partial charge in [-0.15, -0.1) is 6.58 Å². The molecule has 0 saturated carbocycles. The molecular formula is C18H29NO2. The van der Waals surface area contributed by atoms with Crippen LogP contribution in [0, 0.1) is 0 Å². The van der Waals surface area contributed by atoms with E-state index in [9.17, 15) is 0 Å². The van der Waals surface area contributed by atoms with Gasteiger partial charge in [0.25, 0.3) is 0 Å². The molecule has 0 spiro atoms. The van der Waals surface area contributed by atoms with Crippen molar-refractivity contribution in [3.63, 3.8) is 0 Å². The summed E-state index contributed by atoms with van der Waals surface area (Å²) in [7, 11) is 0. The second-order valence-electron chi connectivity index (χ2n) is 5.19. The smallest absolute Gasteiger partial charge is 0.123 e. The van der Waals surface area contributed by atoms with E-state index in [2.05, 4.69) is 25.7 Å². The largest absolute Gasteiger partial charge is 0.494 e. The highest BCUT2D eigenvalue weighted by atomic mass is 16.5. The number of hydrogen-bond donors (Lipinski definition) is 1. The molecule has 118 valence electrons. The monoisotopic (exact) mass is 291 g/mol. The van der Waals surface area contributed by atoms with Gasteiger partial charge in [0.05, 0.1) is 6.61 Å². The maximum absolute atomic E-state index is 5.89. The Labute approximate surface area is 129 Å². The van der Waals surface area contributed by atoms with Crippen molar-refractivity contribution < 1.29 is 9.47 Å². The van der Waals surface area contributed by atoms with Crippen LogP contribution in [0.5, 0.6) is 11.5 Å². The van der Waals surface area contributed by atoms with Crippen molar-refractivity contribution in [1.29, 1.82) is 0 Å². The summed E-state index contributed by atoms with van der Waals surface area (Å²) >= 11 is 0. The highest BCUT2D eigenvalue weighted by Crippen LogP contribution is 2.25. The predicted molar refractivity (Wildman–Crippen MR) is 89.4 cm³/mol. The molecule has 0 aliphatic heterocycles. The zero-order chi connectivity index (χ0) is 15.5. The first-order valence-electron chi connectivity index (χ1n) is 7.94. The van der Waals surface area contributed by atoms with E-state index in [1.807, 2.05) is 31.2 Å². The number of rotatable bonds is 11. The molecule has 0 radical (unpaired) electrons. The standard InChI is InChI=1S/C18H29NO2/c1-5-8-15(4)19-12-13-21-18-11-10-17(20-7-3)14-16(18)9-6-2/h6,10-11,14-15,19H,2,5,7-9,12-13H2,1,3-4H3. The Morgan fingerprint density at radius 1 is 1.29 bits per heavy atom. The number of nitrogens with one attached hydrogen (secondary N) is 1. The average Bonchev–Trinajstić information content (AvgIpc) is 2.46. The first kappa shape index (κ1) is 17.6. The number of hydrogen-bond acceptors (Lipinski definition) is 3. The normalized spacial score (nSPS) is 12.0. The lowest BCUT2D eigenvalue weighted by Crippen LogP contribution is -2.30. The molecule has 0 amide bonds. The van der Waals surface area contributed by atoms with Gasteiger partial charge in [-0.05, 0) is 44.9 Å². The maximum atomic E-state index is 5.89. The highest BCUT2D eigenvalue weighted by molar-refractivity contribution is 5.41. The van der Waals surface area contributed by atoms with Gasteiger partial charge in [0.15, 0.2) is 0 Å². The molecule has 0 aliphatic rings. The van der Waals surface area contributed by atoms with Crippen molar-refractivity contribution in [3.05, 3.63) is 36.4 Å². The summed E-state index contributed by atoms with van der Waals surface area (Å²) in [6.45, 7) is 12.4. The topological polar surface area (TPSA) is 30.5 Å². The van der Waals surface area contributed by atoms with Crippen molar-refractivity contribution in [3.8, 4) is 11.5 Å². The first-order chi connectivity index (χ1) is 10.2. The summed E-state index contributed by atoms with van der Waals surface area (Å²) < 4.78 is 11.4. The number of allylic oxidation sites excluding steroid dienone is 1. The van der Waals surface area contributed by atoms with E-state index in [-0.39, 0.29) is 0 Å². The van der Waals surface area contributed by atoms with Crippen LogP contribution in [0.4, 0.5) is 0 Å². The van der Waals surface area contributed by atoms with Gasteiger partial charge in [-0.1, -0.05) is 19.4 Å². The molecule has 0 heterocycles. The Balaban J connectivity index is 2.51. The minimum absolute atomic E-state index is 0.548. The Hall–Kier alpha value is -1.48. The molecule has 0 bridgehead atoms. The summed E-state index contributed by atoms with van der Waals surface area (Å²) in [4.78, 5) is 0. The van der Waals surface area contributed by atoms with E-state index in [4.69, 9.17) is 9.47 Å². The number of benzene rings is 1. The van der Waals surface area contributed by atoms with Crippen LogP contribution in [0.2, 0.25) is 0 Å². The third-order valence-corrected chi connectivity index (χ3v) is 3.28. The van der Waals surface area contributed by atoms with Gasteiger partial charge < -0.3 is 14.8 Å². The predicted octanol–water partition coefficient (Wildman–Crippen LogP) is 3.97. The zero-order valence-corrected chi connectivity index (χ0v) is 13.7. The van der Waals surface area contributed by atoms with Gasteiger partial charge in [-0.3, -0.25) is 0 Å². The lowest BCUT2D eigenvalue weighted by atomic mass is 10.1. The molecule has 1 aromatic rings. The van der Waals surface area contributed by atoms with Gasteiger partial charge in [0.2, 0.25) is 0 Å². The van der Waals surface area contributed by atoms with E-state index in [0.717, 1.165) is 30.0 Å². The summed E-state index contributed by atoms with van der Waals surface area (Å²) in [5.41, 5.74) is 1.12. The first-order valence-corrected chi connectivity index (χ1v) is 7.94. The fourth-order valence-corrected chi connectivity index (χ4v) is 2.27. The van der Waals surface area contributed by atoms with Crippen molar-refractivity contribution >= 4 is 0 Å². The van der Waals surface area contributed by atoms with Crippen LogP contribution < -0.4 is 14.8 Å². The van der Waals surface area contributed by atoms with E-state index < -0.39 is 0 Å². The van der Waals surface area contributed by atoms with E-state index in [0.29, 0.717) is 19.3 Å². The van der Waals surface area contributed by atoms with E-state index in [1.54, 1.807) is 0 Å². The maximum Gasteiger partial charge on any atom is 0.123 e. The Bertz CT molecular complexity index is 418. The van der Waals surface area contributed by atoms with Crippen LogP contribution in [-0.2, 0) is 6.42 Å². The van der Waals surface area contributed by atoms with Crippen LogP contribution in [0.15, 0.2) is 30.9 Å². The third-order valence-electron chi connectivity index (χ3n) is 3.28. The fraction of sp³-hybridized carbons (Fsp3) is 0.556. The van der Waals surface area contributed by atoms with Gasteiger partial charge >= 0.3 is 0 Å². The summed E-state index contributed by atoms with van der Waals surface area (Å²) in [6, 6.07) is 6.53. The Kier molecular flexibility index (Phi) is 8.60. The molecule has 1 aromatic carbocycles. The molecule has 1 rings (SSSR count). The Morgan fingerprint density at radius 3 is 2.76 bits per heavy atom. The van der Waals surface area contributed by atoms with Crippen LogP contribution >= 0.6 is 0 Å². The summed E-state index contributed by atoms with van der Waals surface area (Å²) in [6.07, 6.45) is 5.08. The lowest BCUT2D eigenvalue weighted by molar-refractivity contribution is 0.300.